The smallest absolute Gasteiger partial charge is 0.339 e. The second-order valence-corrected chi connectivity index (χ2v) is 6.86. The van der Waals surface area contributed by atoms with Crippen molar-refractivity contribution in [1.82, 2.24) is 0 Å². The molecular weight excluding hydrogens is 380 g/mol. The number of anilines is 2. The predicted molar refractivity (Wildman–Crippen MR) is 117 cm³/mol. The summed E-state index contributed by atoms with van der Waals surface area (Å²) in [5, 5.41) is 2.80. The van der Waals surface area contributed by atoms with E-state index >= 15 is 0 Å². The molecule has 0 aliphatic rings. The number of methoxy groups -OCH3 is 1. The number of esters is 1. The molecule has 3 aromatic rings. The van der Waals surface area contributed by atoms with E-state index in [-0.39, 0.29) is 0 Å². The van der Waals surface area contributed by atoms with E-state index in [0.717, 1.165) is 5.69 Å². The molecule has 0 aliphatic heterocycles. The molecule has 0 spiro atoms. The Hall–Kier alpha value is -3.80. The first-order valence-corrected chi connectivity index (χ1v) is 9.46. The number of nitrogens with one attached hydrogen (secondary N) is 1. The molecule has 154 valence electrons. The zero-order valence-electron chi connectivity index (χ0n) is 17.2. The van der Waals surface area contributed by atoms with Gasteiger partial charge in [0, 0.05) is 37.1 Å². The van der Waals surface area contributed by atoms with Crippen LogP contribution in [0.15, 0.2) is 78.9 Å². The van der Waals surface area contributed by atoms with Gasteiger partial charge in [-0.2, -0.15) is 0 Å². The van der Waals surface area contributed by atoms with E-state index in [4.69, 9.17) is 9.47 Å². The summed E-state index contributed by atoms with van der Waals surface area (Å²) >= 11 is 0. The molecule has 3 rings (SSSR count). The minimum absolute atomic E-state index is 0.372. The molecule has 30 heavy (non-hydrogen) atoms. The van der Waals surface area contributed by atoms with Gasteiger partial charge in [-0.3, -0.25) is 4.79 Å². The molecule has 0 radical (unpaired) electrons. The minimum atomic E-state index is -1.10. The van der Waals surface area contributed by atoms with Crippen LogP contribution in [0.2, 0.25) is 0 Å². The molecular formula is C24H24N2O4. The first-order chi connectivity index (χ1) is 14.5. The summed E-state index contributed by atoms with van der Waals surface area (Å²) in [7, 11) is 5.33. The van der Waals surface area contributed by atoms with Crippen LogP contribution in [0.5, 0.6) is 5.75 Å². The van der Waals surface area contributed by atoms with Gasteiger partial charge in [0.05, 0.1) is 12.7 Å². The Morgan fingerprint density at radius 2 is 1.63 bits per heavy atom. The first-order valence-electron chi connectivity index (χ1n) is 9.46. The Kier molecular flexibility index (Phi) is 6.70. The van der Waals surface area contributed by atoms with Crippen LogP contribution in [0.4, 0.5) is 11.4 Å². The fourth-order valence-electron chi connectivity index (χ4n) is 2.90. The van der Waals surface area contributed by atoms with Crippen LogP contribution >= 0.6 is 0 Å². The summed E-state index contributed by atoms with van der Waals surface area (Å²) in [5.74, 6) is -0.415. The molecule has 3 aromatic carbocycles. The monoisotopic (exact) mass is 404 g/mol. The molecule has 6 heteroatoms. The maximum absolute atomic E-state index is 13.0. The van der Waals surface area contributed by atoms with Crippen molar-refractivity contribution in [3.05, 3.63) is 90.0 Å². The number of carbonyl (C=O) groups excluding carboxylic acids is 2. The van der Waals surface area contributed by atoms with Crippen LogP contribution < -0.4 is 15.0 Å². The fraction of sp³-hybridized carbons (Fsp3) is 0.167. The molecule has 0 saturated heterocycles. The third kappa shape index (κ3) is 5.17. The van der Waals surface area contributed by atoms with Crippen molar-refractivity contribution < 1.29 is 19.1 Å². The van der Waals surface area contributed by atoms with Crippen LogP contribution in [0.1, 0.15) is 22.0 Å². The lowest BCUT2D eigenvalue weighted by Crippen LogP contribution is -2.26. The number of nitrogens with zero attached hydrogens (tertiary/aromatic N) is 1. The third-order valence-corrected chi connectivity index (χ3v) is 4.50. The molecule has 0 bridgehead atoms. The molecule has 1 N–H and O–H groups in total. The van der Waals surface area contributed by atoms with Crippen molar-refractivity contribution in [3.63, 3.8) is 0 Å². The van der Waals surface area contributed by atoms with Crippen LogP contribution in [0.25, 0.3) is 0 Å². The predicted octanol–water partition coefficient (Wildman–Crippen LogP) is 4.30. The average molecular weight is 404 g/mol. The van der Waals surface area contributed by atoms with Crippen molar-refractivity contribution in [1.29, 1.82) is 0 Å². The molecule has 0 aliphatic carbocycles. The van der Waals surface area contributed by atoms with Crippen LogP contribution in [-0.2, 0) is 9.53 Å². The van der Waals surface area contributed by atoms with Crippen molar-refractivity contribution >= 4 is 23.3 Å². The minimum Gasteiger partial charge on any atom is -0.497 e. The molecule has 0 heterocycles. The Morgan fingerprint density at radius 3 is 2.33 bits per heavy atom. The number of hydrogen-bond donors (Lipinski definition) is 1. The summed E-state index contributed by atoms with van der Waals surface area (Å²) in [6, 6.07) is 23.0. The highest BCUT2D eigenvalue weighted by Crippen LogP contribution is 2.24. The number of hydrogen-bond acceptors (Lipinski definition) is 5. The molecule has 0 saturated carbocycles. The Morgan fingerprint density at radius 1 is 0.900 bits per heavy atom. The Bertz CT molecular complexity index is 1020. The van der Waals surface area contributed by atoms with E-state index in [0.29, 0.717) is 22.6 Å². The van der Waals surface area contributed by atoms with Gasteiger partial charge in [-0.1, -0.05) is 42.5 Å². The topological polar surface area (TPSA) is 67.9 Å². The molecule has 0 aromatic heterocycles. The molecule has 0 fully saturated rings. The van der Waals surface area contributed by atoms with Crippen LogP contribution in [-0.4, -0.2) is 33.1 Å². The van der Waals surface area contributed by atoms with Crippen LogP contribution in [0, 0.1) is 0 Å². The quantitative estimate of drug-likeness (QED) is 0.595. The number of amides is 1. The third-order valence-electron chi connectivity index (χ3n) is 4.50. The van der Waals surface area contributed by atoms with E-state index in [1.807, 2.05) is 31.1 Å². The van der Waals surface area contributed by atoms with Crippen molar-refractivity contribution in [2.75, 3.05) is 31.4 Å². The normalized spacial score (nSPS) is 11.3. The number of ether oxygens (including phenoxy) is 2. The summed E-state index contributed by atoms with van der Waals surface area (Å²) < 4.78 is 10.8. The van der Waals surface area contributed by atoms with E-state index in [9.17, 15) is 9.59 Å². The maximum Gasteiger partial charge on any atom is 0.339 e. The van der Waals surface area contributed by atoms with Crippen molar-refractivity contribution in [2.45, 2.75) is 6.10 Å². The van der Waals surface area contributed by atoms with Gasteiger partial charge < -0.3 is 19.7 Å². The number of carbonyl (C=O) groups is 2. The highest BCUT2D eigenvalue weighted by molar-refractivity contribution is 5.98. The van der Waals surface area contributed by atoms with Gasteiger partial charge in [0.1, 0.15) is 5.75 Å². The van der Waals surface area contributed by atoms with E-state index < -0.39 is 18.0 Å². The summed E-state index contributed by atoms with van der Waals surface area (Å²) in [6.07, 6.45) is -1.10. The van der Waals surface area contributed by atoms with Gasteiger partial charge in [0.25, 0.3) is 5.91 Å². The zero-order chi connectivity index (χ0) is 21.5. The summed E-state index contributed by atoms with van der Waals surface area (Å²) in [5.41, 5.74) is 2.36. The number of rotatable bonds is 7. The Labute approximate surface area is 176 Å². The zero-order valence-corrected chi connectivity index (χ0v) is 17.2. The van der Waals surface area contributed by atoms with Crippen LogP contribution in [0.3, 0.4) is 0 Å². The van der Waals surface area contributed by atoms with Crippen molar-refractivity contribution in [3.8, 4) is 5.75 Å². The first kappa shape index (κ1) is 20.9. The second-order valence-electron chi connectivity index (χ2n) is 6.86. The lowest BCUT2D eigenvalue weighted by molar-refractivity contribution is -0.125. The van der Waals surface area contributed by atoms with E-state index in [1.54, 1.807) is 73.8 Å². The second kappa shape index (κ2) is 9.60. The molecule has 1 amide bonds. The standard InChI is InChI=1S/C24H24N2O4/c1-26(2)20-13-7-11-18(15-20)24(28)30-22(17-9-5-4-6-10-17)23(27)25-19-12-8-14-21(16-19)29-3/h4-16,22H,1-3H3,(H,25,27). The van der Waals surface area contributed by atoms with E-state index in [2.05, 4.69) is 5.32 Å². The van der Waals surface area contributed by atoms with Gasteiger partial charge in [-0.05, 0) is 30.3 Å². The molecule has 1 atom stereocenters. The Balaban J connectivity index is 1.85. The van der Waals surface area contributed by atoms with Gasteiger partial charge in [-0.25, -0.2) is 4.79 Å². The average Bonchev–Trinajstić information content (AvgIpc) is 2.78. The lowest BCUT2D eigenvalue weighted by Gasteiger charge is -2.19. The largest absolute Gasteiger partial charge is 0.497 e. The molecule has 1 unspecified atom stereocenters. The summed E-state index contributed by atoms with van der Waals surface area (Å²) in [4.78, 5) is 27.7. The maximum atomic E-state index is 13.0. The SMILES string of the molecule is COc1cccc(NC(=O)C(OC(=O)c2cccc(N(C)C)c2)c2ccccc2)c1. The van der Waals surface area contributed by atoms with Gasteiger partial charge in [0.2, 0.25) is 6.10 Å². The summed E-state index contributed by atoms with van der Waals surface area (Å²) in [6.45, 7) is 0. The highest BCUT2D eigenvalue weighted by Gasteiger charge is 2.26. The van der Waals surface area contributed by atoms with Gasteiger partial charge in [-0.15, -0.1) is 0 Å². The van der Waals surface area contributed by atoms with Gasteiger partial charge in [0.15, 0.2) is 0 Å². The number of benzene rings is 3. The van der Waals surface area contributed by atoms with Crippen molar-refractivity contribution in [2.24, 2.45) is 0 Å². The lowest BCUT2D eigenvalue weighted by atomic mass is 10.1. The fourth-order valence-corrected chi connectivity index (χ4v) is 2.90. The van der Waals surface area contributed by atoms with E-state index in [1.165, 1.54) is 0 Å². The molecule has 6 nitrogen and oxygen atoms in total. The highest BCUT2D eigenvalue weighted by atomic mass is 16.5. The van der Waals surface area contributed by atoms with Gasteiger partial charge >= 0.3 is 5.97 Å².